The van der Waals surface area contributed by atoms with Crippen LogP contribution in [0.15, 0.2) is 18.2 Å². The molecule has 0 atom stereocenters. The van der Waals surface area contributed by atoms with E-state index in [0.717, 1.165) is 19.6 Å². The van der Waals surface area contributed by atoms with E-state index in [2.05, 4.69) is 47.8 Å². The Morgan fingerprint density at radius 3 is 3.00 bits per heavy atom. The van der Waals surface area contributed by atoms with Crippen LogP contribution in [0.3, 0.4) is 0 Å². The quantitative estimate of drug-likeness (QED) is 0.738. The summed E-state index contributed by atoms with van der Waals surface area (Å²) in [5, 5.41) is 7.12. The molecule has 0 aliphatic carbocycles. The van der Waals surface area contributed by atoms with Crippen LogP contribution >= 0.6 is 0 Å². The minimum absolute atomic E-state index is 0.984. The number of benzene rings is 1. The lowest BCUT2D eigenvalue weighted by Gasteiger charge is -2.21. The molecule has 0 fully saturated rings. The molecule has 19 heavy (non-hydrogen) atoms. The Morgan fingerprint density at radius 2 is 2.16 bits per heavy atom. The zero-order valence-electron chi connectivity index (χ0n) is 12.3. The molecule has 0 radical (unpaired) electrons. The molecule has 1 aliphatic rings. The monoisotopic (exact) mass is 261 g/mol. The molecule has 3 nitrogen and oxygen atoms in total. The van der Waals surface area contributed by atoms with Gasteiger partial charge in [-0.05, 0) is 64.0 Å². The van der Waals surface area contributed by atoms with Crippen LogP contribution in [0.5, 0.6) is 0 Å². The van der Waals surface area contributed by atoms with E-state index >= 15 is 0 Å². The number of anilines is 1. The first-order chi connectivity index (χ1) is 9.27. The first-order valence-electron chi connectivity index (χ1n) is 7.47. The number of aryl methyl sites for hydroxylation is 1. The van der Waals surface area contributed by atoms with Gasteiger partial charge in [0.05, 0.1) is 0 Å². The molecule has 0 aromatic heterocycles. The standard InChI is InChI=1S/C16H27N3/c1-19(2)12-4-3-10-17-13-15-8-5-7-14-9-6-11-18-16(14)15/h5,7-8,17-18H,3-4,6,9-13H2,1-2H3. The van der Waals surface area contributed by atoms with Gasteiger partial charge >= 0.3 is 0 Å². The predicted molar refractivity (Wildman–Crippen MR) is 82.7 cm³/mol. The third kappa shape index (κ3) is 4.51. The van der Waals surface area contributed by atoms with Gasteiger partial charge in [-0.1, -0.05) is 18.2 Å². The highest BCUT2D eigenvalue weighted by atomic mass is 15.0. The van der Waals surface area contributed by atoms with Crippen LogP contribution in [0.2, 0.25) is 0 Å². The van der Waals surface area contributed by atoms with Gasteiger partial charge in [0, 0.05) is 18.8 Å². The summed E-state index contributed by atoms with van der Waals surface area (Å²) in [7, 11) is 4.27. The number of hydrogen-bond donors (Lipinski definition) is 2. The second-order valence-electron chi connectivity index (χ2n) is 5.67. The van der Waals surface area contributed by atoms with Crippen LogP contribution in [0.25, 0.3) is 0 Å². The Labute approximate surface area is 117 Å². The predicted octanol–water partition coefficient (Wildman–Crippen LogP) is 2.48. The summed E-state index contributed by atoms with van der Waals surface area (Å²) < 4.78 is 0. The zero-order valence-corrected chi connectivity index (χ0v) is 12.3. The largest absolute Gasteiger partial charge is 0.385 e. The van der Waals surface area contributed by atoms with E-state index in [9.17, 15) is 0 Å². The Hall–Kier alpha value is -1.06. The third-order valence-corrected chi connectivity index (χ3v) is 3.69. The van der Waals surface area contributed by atoms with Gasteiger partial charge in [-0.15, -0.1) is 0 Å². The van der Waals surface area contributed by atoms with Gasteiger partial charge in [-0.2, -0.15) is 0 Å². The molecule has 0 bridgehead atoms. The molecule has 2 rings (SSSR count). The summed E-state index contributed by atoms with van der Waals surface area (Å²) in [6.07, 6.45) is 5.00. The van der Waals surface area contributed by atoms with Crippen LogP contribution in [-0.4, -0.2) is 38.6 Å². The van der Waals surface area contributed by atoms with Crippen molar-refractivity contribution >= 4 is 5.69 Å². The molecule has 2 N–H and O–H groups in total. The summed E-state index contributed by atoms with van der Waals surface area (Å²) >= 11 is 0. The summed E-state index contributed by atoms with van der Waals surface area (Å²) in [6.45, 7) is 4.40. The highest BCUT2D eigenvalue weighted by Crippen LogP contribution is 2.25. The molecular formula is C16H27N3. The number of para-hydroxylation sites is 1. The van der Waals surface area contributed by atoms with E-state index in [4.69, 9.17) is 0 Å². The van der Waals surface area contributed by atoms with Crippen molar-refractivity contribution in [2.24, 2.45) is 0 Å². The van der Waals surface area contributed by atoms with E-state index in [0.29, 0.717) is 0 Å². The first-order valence-corrected chi connectivity index (χ1v) is 7.47. The van der Waals surface area contributed by atoms with Gasteiger partial charge in [0.15, 0.2) is 0 Å². The van der Waals surface area contributed by atoms with Crippen LogP contribution in [0.1, 0.15) is 30.4 Å². The summed E-state index contributed by atoms with van der Waals surface area (Å²) in [6, 6.07) is 6.68. The molecule has 1 aromatic rings. The van der Waals surface area contributed by atoms with Gasteiger partial charge in [0.25, 0.3) is 0 Å². The van der Waals surface area contributed by atoms with Crippen molar-refractivity contribution in [2.45, 2.75) is 32.2 Å². The highest BCUT2D eigenvalue weighted by Gasteiger charge is 2.11. The fraction of sp³-hybridized carbons (Fsp3) is 0.625. The van der Waals surface area contributed by atoms with Gasteiger partial charge in [0.2, 0.25) is 0 Å². The van der Waals surface area contributed by atoms with Crippen molar-refractivity contribution in [3.8, 4) is 0 Å². The smallest absolute Gasteiger partial charge is 0.0418 e. The minimum Gasteiger partial charge on any atom is -0.385 e. The van der Waals surface area contributed by atoms with E-state index in [-0.39, 0.29) is 0 Å². The van der Waals surface area contributed by atoms with Crippen LogP contribution in [0.4, 0.5) is 5.69 Å². The van der Waals surface area contributed by atoms with Gasteiger partial charge in [-0.3, -0.25) is 0 Å². The molecule has 1 aliphatic heterocycles. The Kier molecular flexibility index (Phi) is 5.67. The molecule has 0 saturated heterocycles. The fourth-order valence-electron chi connectivity index (χ4n) is 2.63. The SMILES string of the molecule is CN(C)CCCCNCc1cccc2c1NCCC2. The second kappa shape index (κ2) is 7.51. The molecular weight excluding hydrogens is 234 g/mol. The van der Waals surface area contributed by atoms with E-state index < -0.39 is 0 Å². The van der Waals surface area contributed by atoms with Crippen molar-refractivity contribution in [1.82, 2.24) is 10.2 Å². The molecule has 0 saturated carbocycles. The van der Waals surface area contributed by atoms with Gasteiger partial charge in [0.1, 0.15) is 0 Å². The number of rotatable bonds is 7. The normalized spacial score (nSPS) is 14.3. The minimum atomic E-state index is 0.984. The second-order valence-corrected chi connectivity index (χ2v) is 5.67. The van der Waals surface area contributed by atoms with E-state index in [1.54, 1.807) is 0 Å². The fourth-order valence-corrected chi connectivity index (χ4v) is 2.63. The molecule has 1 aromatic carbocycles. The van der Waals surface area contributed by atoms with Gasteiger partial charge < -0.3 is 15.5 Å². The van der Waals surface area contributed by atoms with Crippen molar-refractivity contribution < 1.29 is 0 Å². The van der Waals surface area contributed by atoms with Crippen molar-refractivity contribution in [3.05, 3.63) is 29.3 Å². The van der Waals surface area contributed by atoms with Crippen molar-refractivity contribution in [1.29, 1.82) is 0 Å². The number of hydrogen-bond acceptors (Lipinski definition) is 3. The van der Waals surface area contributed by atoms with E-state index in [1.165, 1.54) is 49.0 Å². The van der Waals surface area contributed by atoms with Gasteiger partial charge in [-0.25, -0.2) is 0 Å². The number of fused-ring (bicyclic) bond motifs is 1. The average molecular weight is 261 g/mol. The number of nitrogens with zero attached hydrogens (tertiary/aromatic N) is 1. The maximum absolute atomic E-state index is 3.57. The maximum atomic E-state index is 3.57. The lowest BCUT2D eigenvalue weighted by molar-refractivity contribution is 0.391. The Balaban J connectivity index is 1.74. The van der Waals surface area contributed by atoms with Crippen molar-refractivity contribution in [3.63, 3.8) is 0 Å². The third-order valence-electron chi connectivity index (χ3n) is 3.69. The number of nitrogens with one attached hydrogen (secondary N) is 2. The topological polar surface area (TPSA) is 27.3 Å². The Bertz CT molecular complexity index is 388. The van der Waals surface area contributed by atoms with Crippen molar-refractivity contribution in [2.75, 3.05) is 39.0 Å². The molecule has 3 heteroatoms. The molecule has 106 valence electrons. The lowest BCUT2D eigenvalue weighted by atomic mass is 9.99. The first kappa shape index (κ1) is 14.4. The molecule has 1 heterocycles. The van der Waals surface area contributed by atoms with Crippen LogP contribution in [-0.2, 0) is 13.0 Å². The lowest BCUT2D eigenvalue weighted by Crippen LogP contribution is -2.20. The zero-order chi connectivity index (χ0) is 13.5. The van der Waals surface area contributed by atoms with Crippen LogP contribution < -0.4 is 10.6 Å². The summed E-state index contributed by atoms with van der Waals surface area (Å²) in [5.41, 5.74) is 4.29. The summed E-state index contributed by atoms with van der Waals surface area (Å²) in [4.78, 5) is 2.25. The molecule has 0 unspecified atom stereocenters. The molecule has 0 amide bonds. The van der Waals surface area contributed by atoms with Crippen LogP contribution in [0, 0.1) is 0 Å². The Morgan fingerprint density at radius 1 is 1.26 bits per heavy atom. The highest BCUT2D eigenvalue weighted by molar-refractivity contribution is 5.59. The van der Waals surface area contributed by atoms with E-state index in [1.807, 2.05) is 0 Å². The number of unbranched alkanes of at least 4 members (excludes halogenated alkanes) is 1. The summed E-state index contributed by atoms with van der Waals surface area (Å²) in [5.74, 6) is 0. The molecule has 0 spiro atoms. The average Bonchev–Trinajstić information content (AvgIpc) is 2.42. The maximum Gasteiger partial charge on any atom is 0.0418 e.